The summed E-state index contributed by atoms with van der Waals surface area (Å²) < 4.78 is 20.8. The Labute approximate surface area is 198 Å². The fourth-order valence-corrected chi connectivity index (χ4v) is 7.02. The molecule has 168 valence electrons. The molecule has 1 aliphatic rings. The zero-order valence-corrected chi connectivity index (χ0v) is 19.2. The Balaban J connectivity index is 1.44. The topological polar surface area (TPSA) is 63.7 Å². The molecule has 6 heteroatoms. The van der Waals surface area contributed by atoms with E-state index >= 15 is 0 Å². The van der Waals surface area contributed by atoms with Gasteiger partial charge in [0.05, 0.1) is 23.0 Å². The number of imide groups is 1. The number of carbonyl (C=O) groups is 2. The van der Waals surface area contributed by atoms with Crippen LogP contribution in [0, 0.1) is 0 Å². The number of amides is 2. The molecular formula is C28H22NO4P. The van der Waals surface area contributed by atoms with Gasteiger partial charge >= 0.3 is 0 Å². The van der Waals surface area contributed by atoms with Crippen LogP contribution in [-0.2, 0) is 4.57 Å². The van der Waals surface area contributed by atoms with Crippen LogP contribution in [0.3, 0.4) is 0 Å². The summed E-state index contributed by atoms with van der Waals surface area (Å²) in [4.78, 5) is 26.5. The second kappa shape index (κ2) is 9.12. The van der Waals surface area contributed by atoms with E-state index in [1.807, 2.05) is 78.9 Å². The van der Waals surface area contributed by atoms with Crippen molar-refractivity contribution in [2.45, 2.75) is 0 Å². The zero-order chi connectivity index (χ0) is 23.5. The van der Waals surface area contributed by atoms with Gasteiger partial charge < -0.3 is 9.30 Å². The van der Waals surface area contributed by atoms with E-state index in [1.54, 1.807) is 30.3 Å². The maximum atomic E-state index is 14.7. The van der Waals surface area contributed by atoms with E-state index in [0.29, 0.717) is 32.8 Å². The van der Waals surface area contributed by atoms with Gasteiger partial charge in [-0.1, -0.05) is 84.9 Å². The Morgan fingerprint density at radius 2 is 1.09 bits per heavy atom. The molecule has 0 spiro atoms. The molecule has 4 aromatic rings. The van der Waals surface area contributed by atoms with E-state index in [9.17, 15) is 14.2 Å². The lowest BCUT2D eigenvalue weighted by Gasteiger charge is -2.23. The Morgan fingerprint density at radius 1 is 0.618 bits per heavy atom. The van der Waals surface area contributed by atoms with E-state index in [4.69, 9.17) is 4.74 Å². The molecule has 2 amide bonds. The molecule has 0 saturated heterocycles. The second-order valence-corrected chi connectivity index (χ2v) is 10.6. The number of nitrogens with zero attached hydrogens (tertiary/aromatic N) is 1. The van der Waals surface area contributed by atoms with Crippen LogP contribution >= 0.6 is 7.14 Å². The summed E-state index contributed by atoms with van der Waals surface area (Å²) >= 11 is 0. The van der Waals surface area contributed by atoms with Gasteiger partial charge in [0.25, 0.3) is 11.8 Å². The highest BCUT2D eigenvalue weighted by Crippen LogP contribution is 2.45. The highest BCUT2D eigenvalue weighted by Gasteiger charge is 2.35. The van der Waals surface area contributed by atoms with Crippen LogP contribution in [0.15, 0.2) is 109 Å². The van der Waals surface area contributed by atoms with Crippen LogP contribution in [0.2, 0.25) is 0 Å². The van der Waals surface area contributed by atoms with Gasteiger partial charge in [-0.25, -0.2) is 0 Å². The predicted molar refractivity (Wildman–Crippen MR) is 133 cm³/mol. The minimum atomic E-state index is -3.22. The van der Waals surface area contributed by atoms with E-state index in [0.717, 1.165) is 0 Å². The van der Waals surface area contributed by atoms with Crippen LogP contribution in [-0.4, -0.2) is 29.9 Å². The molecule has 0 aromatic heterocycles. The maximum Gasteiger partial charge on any atom is 0.261 e. The molecule has 0 aliphatic carbocycles. The van der Waals surface area contributed by atoms with Gasteiger partial charge in [-0.15, -0.1) is 0 Å². The molecular weight excluding hydrogens is 445 g/mol. The van der Waals surface area contributed by atoms with Gasteiger partial charge in [0.15, 0.2) is 7.14 Å². The molecule has 5 nitrogen and oxygen atoms in total. The van der Waals surface area contributed by atoms with E-state index < -0.39 is 7.14 Å². The minimum absolute atomic E-state index is 0.0893. The van der Waals surface area contributed by atoms with Crippen molar-refractivity contribution in [3.63, 3.8) is 0 Å². The quantitative estimate of drug-likeness (QED) is 0.305. The fraction of sp³-hybridized carbons (Fsp3) is 0.0714. The van der Waals surface area contributed by atoms with Gasteiger partial charge in [0.1, 0.15) is 12.4 Å². The second-order valence-electron chi connectivity index (χ2n) is 7.90. The van der Waals surface area contributed by atoms with Gasteiger partial charge in [-0.3, -0.25) is 14.5 Å². The third-order valence-corrected chi connectivity index (χ3v) is 8.99. The normalized spacial score (nSPS) is 13.1. The lowest BCUT2D eigenvalue weighted by atomic mass is 10.1. The number of ether oxygens (including phenoxy) is 1. The Kier molecular flexibility index (Phi) is 5.87. The average Bonchev–Trinajstić information content (AvgIpc) is 3.14. The fourth-order valence-electron chi connectivity index (χ4n) is 4.23. The molecule has 0 fully saturated rings. The number of para-hydroxylation sites is 1. The summed E-state index contributed by atoms with van der Waals surface area (Å²) in [5, 5.41) is 1.99. The van der Waals surface area contributed by atoms with Crippen molar-refractivity contribution in [3.8, 4) is 5.75 Å². The number of benzene rings is 4. The predicted octanol–water partition coefficient (Wildman–Crippen LogP) is 4.00. The molecule has 34 heavy (non-hydrogen) atoms. The van der Waals surface area contributed by atoms with Gasteiger partial charge in [0, 0.05) is 10.6 Å². The summed E-state index contributed by atoms with van der Waals surface area (Å²) in [5.41, 5.74) is 0.816. The van der Waals surface area contributed by atoms with Crippen molar-refractivity contribution in [1.82, 2.24) is 4.90 Å². The summed E-state index contributed by atoms with van der Waals surface area (Å²) in [5.74, 6) is -0.177. The number of rotatable bonds is 7. The number of carbonyl (C=O) groups excluding carboxylic acids is 2. The maximum absolute atomic E-state index is 14.7. The molecule has 5 rings (SSSR count). The first kappa shape index (κ1) is 21.9. The Bertz CT molecular complexity index is 1320. The summed E-state index contributed by atoms with van der Waals surface area (Å²) in [6.45, 7) is 0.188. The monoisotopic (exact) mass is 467 g/mol. The highest BCUT2D eigenvalue weighted by molar-refractivity contribution is 7.85. The van der Waals surface area contributed by atoms with Crippen LogP contribution in [0.5, 0.6) is 5.75 Å². The minimum Gasteiger partial charge on any atom is -0.491 e. The molecule has 0 saturated carbocycles. The summed E-state index contributed by atoms with van der Waals surface area (Å²) in [7, 11) is -3.22. The van der Waals surface area contributed by atoms with Crippen molar-refractivity contribution in [3.05, 3.63) is 120 Å². The number of fused-ring (bicyclic) bond motifs is 1. The van der Waals surface area contributed by atoms with E-state index in [-0.39, 0.29) is 25.0 Å². The van der Waals surface area contributed by atoms with Crippen molar-refractivity contribution in [1.29, 1.82) is 0 Å². The Hall–Kier alpha value is -3.95. The van der Waals surface area contributed by atoms with Crippen molar-refractivity contribution in [2.24, 2.45) is 0 Å². The van der Waals surface area contributed by atoms with Crippen LogP contribution < -0.4 is 20.7 Å². The van der Waals surface area contributed by atoms with E-state index in [2.05, 4.69) is 0 Å². The third kappa shape index (κ3) is 3.74. The number of hydrogen-bond acceptors (Lipinski definition) is 4. The van der Waals surface area contributed by atoms with Crippen LogP contribution in [0.25, 0.3) is 0 Å². The molecule has 4 aromatic carbocycles. The average molecular weight is 467 g/mol. The summed E-state index contributed by atoms with van der Waals surface area (Å²) in [6, 6.07) is 32.8. The van der Waals surface area contributed by atoms with Gasteiger partial charge in [-0.2, -0.15) is 0 Å². The van der Waals surface area contributed by atoms with Gasteiger partial charge in [-0.05, 0) is 24.3 Å². The summed E-state index contributed by atoms with van der Waals surface area (Å²) in [6.07, 6.45) is 0. The van der Waals surface area contributed by atoms with E-state index in [1.165, 1.54) is 4.90 Å². The molecule has 0 bridgehead atoms. The lowest BCUT2D eigenvalue weighted by molar-refractivity contribution is 0.0631. The molecule has 0 unspecified atom stereocenters. The van der Waals surface area contributed by atoms with Crippen molar-refractivity contribution in [2.75, 3.05) is 13.2 Å². The zero-order valence-electron chi connectivity index (χ0n) is 18.3. The Morgan fingerprint density at radius 3 is 1.65 bits per heavy atom. The molecule has 1 heterocycles. The highest BCUT2D eigenvalue weighted by atomic mass is 31.2. The standard InChI is InChI=1S/C28H22NO4P/c30-27-23-15-7-8-16-24(23)28(31)29(27)19-20-33-25-17-9-10-18-26(25)34(32,21-11-3-1-4-12-21)22-13-5-2-6-14-22/h1-18H,19-20H2. The van der Waals surface area contributed by atoms with Gasteiger partial charge in [0.2, 0.25) is 0 Å². The molecule has 0 N–H and O–H groups in total. The first-order valence-electron chi connectivity index (χ1n) is 11.0. The smallest absolute Gasteiger partial charge is 0.261 e. The third-order valence-electron chi connectivity index (χ3n) is 5.89. The van der Waals surface area contributed by atoms with Crippen LogP contribution in [0.4, 0.5) is 0 Å². The van der Waals surface area contributed by atoms with Crippen molar-refractivity contribution >= 4 is 34.9 Å². The largest absolute Gasteiger partial charge is 0.491 e. The van der Waals surface area contributed by atoms with Crippen molar-refractivity contribution < 1.29 is 18.9 Å². The SMILES string of the molecule is O=C1c2ccccc2C(=O)N1CCOc1ccccc1P(=O)(c1ccccc1)c1ccccc1. The lowest BCUT2D eigenvalue weighted by Crippen LogP contribution is -2.34. The number of hydrogen-bond donors (Lipinski definition) is 0. The van der Waals surface area contributed by atoms with Crippen LogP contribution in [0.1, 0.15) is 20.7 Å². The first-order chi connectivity index (χ1) is 16.6. The molecule has 0 radical (unpaired) electrons. The first-order valence-corrected chi connectivity index (χ1v) is 12.7. The molecule has 1 aliphatic heterocycles. The molecule has 0 atom stereocenters.